The van der Waals surface area contributed by atoms with Crippen LogP contribution in [0.3, 0.4) is 0 Å². The third kappa shape index (κ3) is 2.88. The van der Waals surface area contributed by atoms with Crippen LogP contribution in [0.2, 0.25) is 5.02 Å². The Bertz CT molecular complexity index is 583. The Morgan fingerprint density at radius 2 is 1.79 bits per heavy atom. The van der Waals surface area contributed by atoms with Crippen molar-refractivity contribution in [3.05, 3.63) is 58.6 Å². The number of hydrogen-bond acceptors (Lipinski definition) is 2. The fourth-order valence-corrected chi connectivity index (χ4v) is 2.84. The molecule has 2 nitrogen and oxygen atoms in total. The van der Waals surface area contributed by atoms with E-state index in [4.69, 9.17) is 21.1 Å². The molecule has 1 heterocycles. The Kier molecular flexibility index (Phi) is 3.67. The van der Waals surface area contributed by atoms with Gasteiger partial charge in [0.1, 0.15) is 0 Å². The SMILES string of the molecule is Clc1ccc(CC(Br)c2ccc3c(c2)OCO3)cc1. The highest BCUT2D eigenvalue weighted by Crippen LogP contribution is 2.37. The summed E-state index contributed by atoms with van der Waals surface area (Å²) in [5.74, 6) is 1.63. The number of rotatable bonds is 3. The highest BCUT2D eigenvalue weighted by molar-refractivity contribution is 9.09. The Labute approximate surface area is 125 Å². The van der Waals surface area contributed by atoms with E-state index < -0.39 is 0 Å². The summed E-state index contributed by atoms with van der Waals surface area (Å²) < 4.78 is 10.7. The molecule has 0 fully saturated rings. The highest BCUT2D eigenvalue weighted by Gasteiger charge is 2.16. The quantitative estimate of drug-likeness (QED) is 0.752. The zero-order chi connectivity index (χ0) is 13.2. The van der Waals surface area contributed by atoms with Crippen molar-refractivity contribution in [2.24, 2.45) is 0 Å². The minimum Gasteiger partial charge on any atom is -0.454 e. The van der Waals surface area contributed by atoms with Gasteiger partial charge >= 0.3 is 0 Å². The summed E-state index contributed by atoms with van der Waals surface area (Å²) in [6.45, 7) is 0.308. The second-order valence-corrected chi connectivity index (χ2v) is 5.95. The number of fused-ring (bicyclic) bond motifs is 1. The van der Waals surface area contributed by atoms with Crippen LogP contribution in [0.15, 0.2) is 42.5 Å². The molecule has 1 aliphatic heterocycles. The predicted molar refractivity (Wildman–Crippen MR) is 79.4 cm³/mol. The lowest BCUT2D eigenvalue weighted by molar-refractivity contribution is 0.174. The van der Waals surface area contributed by atoms with Gasteiger partial charge in [-0.2, -0.15) is 0 Å². The van der Waals surface area contributed by atoms with Crippen molar-refractivity contribution in [3.63, 3.8) is 0 Å². The van der Waals surface area contributed by atoms with Gasteiger partial charge in [-0.1, -0.05) is 45.7 Å². The van der Waals surface area contributed by atoms with E-state index in [1.165, 1.54) is 11.1 Å². The van der Waals surface area contributed by atoms with Crippen LogP contribution >= 0.6 is 27.5 Å². The summed E-state index contributed by atoms with van der Waals surface area (Å²) in [6, 6.07) is 14.0. The van der Waals surface area contributed by atoms with Gasteiger partial charge in [0, 0.05) is 9.85 Å². The van der Waals surface area contributed by atoms with E-state index in [0.717, 1.165) is 22.9 Å². The lowest BCUT2D eigenvalue weighted by atomic mass is 10.0. The molecule has 0 N–H and O–H groups in total. The summed E-state index contributed by atoms with van der Waals surface area (Å²) in [5, 5.41) is 0.762. The minimum absolute atomic E-state index is 0.239. The van der Waals surface area contributed by atoms with Gasteiger partial charge in [-0.25, -0.2) is 0 Å². The average molecular weight is 340 g/mol. The molecule has 0 amide bonds. The number of hydrogen-bond donors (Lipinski definition) is 0. The van der Waals surface area contributed by atoms with Gasteiger partial charge in [-0.3, -0.25) is 0 Å². The molecule has 1 aliphatic rings. The first-order valence-electron chi connectivity index (χ1n) is 6.00. The number of benzene rings is 2. The van der Waals surface area contributed by atoms with Gasteiger partial charge in [0.05, 0.1) is 0 Å². The molecule has 0 saturated carbocycles. The Hall–Kier alpha value is -1.19. The van der Waals surface area contributed by atoms with Crippen molar-refractivity contribution in [2.45, 2.75) is 11.2 Å². The van der Waals surface area contributed by atoms with Crippen molar-refractivity contribution in [2.75, 3.05) is 6.79 Å². The lowest BCUT2D eigenvalue weighted by Crippen LogP contribution is -1.95. The number of halogens is 2. The fraction of sp³-hybridized carbons (Fsp3) is 0.200. The third-order valence-electron chi connectivity index (χ3n) is 3.09. The van der Waals surface area contributed by atoms with E-state index in [1.807, 2.05) is 36.4 Å². The van der Waals surface area contributed by atoms with Gasteiger partial charge in [0.2, 0.25) is 6.79 Å². The molecule has 98 valence electrons. The molecular formula is C15H12BrClO2. The number of alkyl halides is 1. The number of ether oxygens (including phenoxy) is 2. The standard InChI is InChI=1S/C15H12BrClO2/c16-13(7-10-1-4-12(17)5-2-10)11-3-6-14-15(8-11)19-9-18-14/h1-6,8,13H,7,9H2. The second kappa shape index (κ2) is 5.43. The van der Waals surface area contributed by atoms with Gasteiger partial charge in [0.15, 0.2) is 11.5 Å². The summed E-state index contributed by atoms with van der Waals surface area (Å²) >= 11 is 9.61. The second-order valence-electron chi connectivity index (χ2n) is 4.41. The van der Waals surface area contributed by atoms with Crippen LogP contribution in [-0.2, 0) is 6.42 Å². The third-order valence-corrected chi connectivity index (χ3v) is 4.19. The summed E-state index contributed by atoms with van der Waals surface area (Å²) in [4.78, 5) is 0.239. The molecular weight excluding hydrogens is 328 g/mol. The fourth-order valence-electron chi connectivity index (χ4n) is 2.05. The molecule has 19 heavy (non-hydrogen) atoms. The van der Waals surface area contributed by atoms with Gasteiger partial charge in [-0.15, -0.1) is 0 Å². The van der Waals surface area contributed by atoms with Crippen LogP contribution in [0, 0.1) is 0 Å². The van der Waals surface area contributed by atoms with Crippen molar-refractivity contribution in [1.82, 2.24) is 0 Å². The average Bonchev–Trinajstić information content (AvgIpc) is 2.88. The topological polar surface area (TPSA) is 18.5 Å². The maximum absolute atomic E-state index is 5.89. The van der Waals surface area contributed by atoms with Gasteiger partial charge in [-0.05, 0) is 41.8 Å². The Morgan fingerprint density at radius 3 is 2.58 bits per heavy atom. The first-order valence-corrected chi connectivity index (χ1v) is 7.30. The molecule has 0 bridgehead atoms. The van der Waals surface area contributed by atoms with Gasteiger partial charge < -0.3 is 9.47 Å². The zero-order valence-electron chi connectivity index (χ0n) is 10.1. The van der Waals surface area contributed by atoms with Crippen LogP contribution in [0.4, 0.5) is 0 Å². The molecule has 0 radical (unpaired) electrons. The van der Waals surface area contributed by atoms with Crippen LogP contribution in [0.5, 0.6) is 11.5 Å². The molecule has 0 aromatic heterocycles. The summed E-state index contributed by atoms with van der Waals surface area (Å²) in [7, 11) is 0. The smallest absolute Gasteiger partial charge is 0.231 e. The summed E-state index contributed by atoms with van der Waals surface area (Å²) in [5.41, 5.74) is 2.42. The van der Waals surface area contributed by atoms with Crippen LogP contribution < -0.4 is 9.47 Å². The molecule has 4 heteroatoms. The van der Waals surface area contributed by atoms with Crippen molar-refractivity contribution in [3.8, 4) is 11.5 Å². The molecule has 3 rings (SSSR count). The van der Waals surface area contributed by atoms with Crippen LogP contribution in [0.25, 0.3) is 0 Å². The highest BCUT2D eigenvalue weighted by atomic mass is 79.9. The maximum atomic E-state index is 5.89. The first-order chi connectivity index (χ1) is 9.22. The van der Waals surface area contributed by atoms with Crippen molar-refractivity contribution in [1.29, 1.82) is 0 Å². The normalized spacial score (nSPS) is 14.4. The monoisotopic (exact) mass is 338 g/mol. The van der Waals surface area contributed by atoms with E-state index in [2.05, 4.69) is 22.0 Å². The van der Waals surface area contributed by atoms with E-state index >= 15 is 0 Å². The lowest BCUT2D eigenvalue weighted by Gasteiger charge is -2.11. The molecule has 0 aliphatic carbocycles. The van der Waals surface area contributed by atoms with E-state index in [-0.39, 0.29) is 4.83 Å². The summed E-state index contributed by atoms with van der Waals surface area (Å²) in [6.07, 6.45) is 0.900. The van der Waals surface area contributed by atoms with E-state index in [9.17, 15) is 0 Å². The van der Waals surface area contributed by atoms with Crippen molar-refractivity contribution < 1.29 is 9.47 Å². The molecule has 0 saturated heterocycles. The van der Waals surface area contributed by atoms with E-state index in [1.54, 1.807) is 0 Å². The van der Waals surface area contributed by atoms with Crippen LogP contribution in [-0.4, -0.2) is 6.79 Å². The van der Waals surface area contributed by atoms with Crippen molar-refractivity contribution >= 4 is 27.5 Å². The van der Waals surface area contributed by atoms with E-state index in [0.29, 0.717) is 6.79 Å². The minimum atomic E-state index is 0.239. The molecule has 0 spiro atoms. The predicted octanol–water partition coefficient (Wildman–Crippen LogP) is 4.75. The van der Waals surface area contributed by atoms with Gasteiger partial charge in [0.25, 0.3) is 0 Å². The molecule has 2 aromatic rings. The Morgan fingerprint density at radius 1 is 1.05 bits per heavy atom. The maximum Gasteiger partial charge on any atom is 0.231 e. The Balaban J connectivity index is 1.76. The molecule has 1 atom stereocenters. The zero-order valence-corrected chi connectivity index (χ0v) is 12.4. The molecule has 1 unspecified atom stereocenters. The van der Waals surface area contributed by atoms with Crippen LogP contribution in [0.1, 0.15) is 16.0 Å². The molecule has 2 aromatic carbocycles. The first kappa shape index (κ1) is 12.8. The largest absolute Gasteiger partial charge is 0.454 e.